The molecular formula is C12H20N4O2. The van der Waals surface area contributed by atoms with Crippen LogP contribution in [0.5, 0.6) is 0 Å². The highest BCUT2D eigenvalue weighted by atomic mass is 16.4. The largest absolute Gasteiger partial charge is 0.481 e. The van der Waals surface area contributed by atoms with Gasteiger partial charge in [0.25, 0.3) is 0 Å². The molecule has 6 heteroatoms. The van der Waals surface area contributed by atoms with Crippen LogP contribution in [-0.2, 0) is 4.79 Å². The number of carbonyl (C=O) groups is 1. The van der Waals surface area contributed by atoms with Gasteiger partial charge in [-0.05, 0) is 20.8 Å². The van der Waals surface area contributed by atoms with E-state index in [0.29, 0.717) is 12.4 Å². The van der Waals surface area contributed by atoms with E-state index in [1.165, 1.54) is 0 Å². The molecule has 0 aromatic carbocycles. The van der Waals surface area contributed by atoms with E-state index in [4.69, 9.17) is 5.11 Å². The van der Waals surface area contributed by atoms with Gasteiger partial charge in [0, 0.05) is 25.7 Å². The van der Waals surface area contributed by atoms with Crippen molar-refractivity contribution in [1.82, 2.24) is 9.97 Å². The maximum Gasteiger partial charge on any atom is 0.305 e. The summed E-state index contributed by atoms with van der Waals surface area (Å²) in [5.41, 5.74) is 0. The average Bonchev–Trinajstić information content (AvgIpc) is 2.23. The Morgan fingerprint density at radius 1 is 1.50 bits per heavy atom. The third kappa shape index (κ3) is 4.57. The zero-order valence-electron chi connectivity index (χ0n) is 11.3. The smallest absolute Gasteiger partial charge is 0.305 e. The quantitative estimate of drug-likeness (QED) is 0.799. The first-order chi connectivity index (χ1) is 8.38. The van der Waals surface area contributed by atoms with E-state index < -0.39 is 5.97 Å². The minimum atomic E-state index is -0.812. The van der Waals surface area contributed by atoms with Crippen LogP contribution in [0.25, 0.3) is 0 Å². The number of aryl methyl sites for hydroxylation is 1. The van der Waals surface area contributed by atoms with Crippen LogP contribution in [0.15, 0.2) is 6.07 Å². The molecule has 1 aromatic rings. The summed E-state index contributed by atoms with van der Waals surface area (Å²) < 4.78 is 0. The second-order valence-corrected chi connectivity index (χ2v) is 4.52. The summed E-state index contributed by atoms with van der Waals surface area (Å²) in [5, 5.41) is 11.9. The lowest BCUT2D eigenvalue weighted by Gasteiger charge is -2.19. The summed E-state index contributed by atoms with van der Waals surface area (Å²) in [7, 11) is 1.82. The monoisotopic (exact) mass is 252 g/mol. The van der Waals surface area contributed by atoms with Crippen molar-refractivity contribution in [2.45, 2.75) is 33.2 Å². The molecule has 0 amide bonds. The minimum absolute atomic E-state index is 0.0898. The van der Waals surface area contributed by atoms with E-state index in [1.54, 1.807) is 0 Å². The standard InChI is InChI=1S/C12H20N4O2/c1-8(2)13-10-7-11(15-9(3)14-10)16(4)6-5-12(17)18/h7-8H,5-6H2,1-4H3,(H,17,18)(H,13,14,15). The van der Waals surface area contributed by atoms with E-state index >= 15 is 0 Å². The number of hydrogen-bond acceptors (Lipinski definition) is 5. The SMILES string of the molecule is Cc1nc(NC(C)C)cc(N(C)CCC(=O)O)n1. The van der Waals surface area contributed by atoms with Gasteiger partial charge in [-0.2, -0.15) is 0 Å². The number of rotatable bonds is 6. The first kappa shape index (κ1) is 14.2. The van der Waals surface area contributed by atoms with Crippen molar-refractivity contribution in [2.75, 3.05) is 23.8 Å². The van der Waals surface area contributed by atoms with Gasteiger partial charge in [0.05, 0.1) is 6.42 Å². The second-order valence-electron chi connectivity index (χ2n) is 4.52. The van der Waals surface area contributed by atoms with E-state index in [0.717, 1.165) is 11.6 Å². The Kier molecular flexibility index (Phi) is 4.88. The molecule has 1 heterocycles. The molecule has 0 fully saturated rings. The van der Waals surface area contributed by atoms with E-state index in [1.807, 2.05) is 38.8 Å². The van der Waals surface area contributed by atoms with Crippen molar-refractivity contribution >= 4 is 17.6 Å². The number of hydrogen-bond donors (Lipinski definition) is 2. The van der Waals surface area contributed by atoms with Crippen LogP contribution >= 0.6 is 0 Å². The molecule has 0 aliphatic carbocycles. The highest BCUT2D eigenvalue weighted by Crippen LogP contribution is 2.15. The summed E-state index contributed by atoms with van der Waals surface area (Å²) in [5.74, 6) is 1.34. The Morgan fingerprint density at radius 3 is 2.72 bits per heavy atom. The summed E-state index contributed by atoms with van der Waals surface area (Å²) in [4.78, 5) is 20.9. The first-order valence-electron chi connectivity index (χ1n) is 5.93. The third-order valence-electron chi connectivity index (χ3n) is 2.31. The van der Waals surface area contributed by atoms with Crippen molar-refractivity contribution in [1.29, 1.82) is 0 Å². The van der Waals surface area contributed by atoms with Gasteiger partial charge in [0.1, 0.15) is 17.5 Å². The number of carboxylic acids is 1. The summed E-state index contributed by atoms with van der Waals surface area (Å²) >= 11 is 0. The molecule has 0 saturated heterocycles. The fraction of sp³-hybridized carbons (Fsp3) is 0.583. The predicted octanol–water partition coefficient (Wildman–Crippen LogP) is 1.52. The number of nitrogens with one attached hydrogen (secondary N) is 1. The Morgan fingerprint density at radius 2 is 2.17 bits per heavy atom. The predicted molar refractivity (Wildman–Crippen MR) is 71.1 cm³/mol. The Balaban J connectivity index is 2.81. The fourth-order valence-corrected chi connectivity index (χ4v) is 1.50. The summed E-state index contributed by atoms with van der Waals surface area (Å²) in [6, 6.07) is 2.12. The van der Waals surface area contributed by atoms with Gasteiger partial charge in [0.2, 0.25) is 0 Å². The zero-order chi connectivity index (χ0) is 13.7. The molecule has 1 aromatic heterocycles. The van der Waals surface area contributed by atoms with Crippen LogP contribution in [0.4, 0.5) is 11.6 Å². The van der Waals surface area contributed by atoms with E-state index in [-0.39, 0.29) is 12.5 Å². The van der Waals surface area contributed by atoms with Gasteiger partial charge < -0.3 is 15.3 Å². The van der Waals surface area contributed by atoms with Crippen molar-refractivity contribution in [2.24, 2.45) is 0 Å². The molecule has 2 N–H and O–H groups in total. The molecular weight excluding hydrogens is 232 g/mol. The Bertz CT molecular complexity index is 421. The number of aliphatic carboxylic acids is 1. The van der Waals surface area contributed by atoms with Crippen LogP contribution in [-0.4, -0.2) is 40.7 Å². The zero-order valence-corrected chi connectivity index (χ0v) is 11.3. The van der Waals surface area contributed by atoms with Crippen LogP contribution in [0.2, 0.25) is 0 Å². The highest BCUT2D eigenvalue weighted by Gasteiger charge is 2.08. The number of anilines is 2. The number of aromatic nitrogens is 2. The molecule has 6 nitrogen and oxygen atoms in total. The first-order valence-corrected chi connectivity index (χ1v) is 5.93. The lowest BCUT2D eigenvalue weighted by Crippen LogP contribution is -2.23. The summed E-state index contributed by atoms with van der Waals surface area (Å²) in [6.45, 7) is 6.31. The van der Waals surface area contributed by atoms with Crippen LogP contribution in [0.3, 0.4) is 0 Å². The molecule has 0 unspecified atom stereocenters. The normalized spacial score (nSPS) is 10.5. The second kappa shape index (κ2) is 6.18. The van der Waals surface area contributed by atoms with Gasteiger partial charge in [-0.1, -0.05) is 0 Å². The maximum atomic E-state index is 10.5. The summed E-state index contributed by atoms with van der Waals surface area (Å²) in [6.07, 6.45) is 0.0898. The average molecular weight is 252 g/mol. The highest BCUT2D eigenvalue weighted by molar-refractivity contribution is 5.67. The molecule has 0 aliphatic heterocycles. The number of nitrogens with zero attached hydrogens (tertiary/aromatic N) is 3. The van der Waals surface area contributed by atoms with Gasteiger partial charge >= 0.3 is 5.97 Å². The van der Waals surface area contributed by atoms with Gasteiger partial charge in [-0.3, -0.25) is 4.79 Å². The number of carboxylic acid groups (broad SMARTS) is 1. The van der Waals surface area contributed by atoms with Crippen LogP contribution in [0, 0.1) is 6.92 Å². The topological polar surface area (TPSA) is 78.4 Å². The lowest BCUT2D eigenvalue weighted by molar-refractivity contribution is -0.136. The van der Waals surface area contributed by atoms with Crippen LogP contribution < -0.4 is 10.2 Å². The van der Waals surface area contributed by atoms with Gasteiger partial charge in [-0.15, -0.1) is 0 Å². The van der Waals surface area contributed by atoms with Crippen molar-refractivity contribution < 1.29 is 9.90 Å². The van der Waals surface area contributed by atoms with Crippen LogP contribution in [0.1, 0.15) is 26.1 Å². The van der Waals surface area contributed by atoms with Crippen molar-refractivity contribution in [3.05, 3.63) is 11.9 Å². The molecule has 100 valence electrons. The van der Waals surface area contributed by atoms with E-state index in [9.17, 15) is 4.79 Å². The molecule has 0 radical (unpaired) electrons. The van der Waals surface area contributed by atoms with Crippen molar-refractivity contribution in [3.63, 3.8) is 0 Å². The maximum absolute atomic E-state index is 10.5. The molecule has 0 saturated carbocycles. The Labute approximate surface area is 107 Å². The van der Waals surface area contributed by atoms with Crippen molar-refractivity contribution in [3.8, 4) is 0 Å². The molecule has 0 bridgehead atoms. The molecule has 0 atom stereocenters. The molecule has 1 rings (SSSR count). The minimum Gasteiger partial charge on any atom is -0.481 e. The molecule has 0 spiro atoms. The van der Waals surface area contributed by atoms with Gasteiger partial charge in [-0.25, -0.2) is 9.97 Å². The van der Waals surface area contributed by atoms with Gasteiger partial charge in [0.15, 0.2) is 0 Å². The third-order valence-corrected chi connectivity index (χ3v) is 2.31. The molecule has 18 heavy (non-hydrogen) atoms. The lowest BCUT2D eigenvalue weighted by atomic mass is 10.3. The fourth-order valence-electron chi connectivity index (χ4n) is 1.50. The Hall–Kier alpha value is -1.85. The van der Waals surface area contributed by atoms with E-state index in [2.05, 4.69) is 15.3 Å². The molecule has 0 aliphatic rings.